The first-order chi connectivity index (χ1) is 21.9. The van der Waals surface area contributed by atoms with Gasteiger partial charge in [0.2, 0.25) is 0 Å². The highest BCUT2D eigenvalue weighted by molar-refractivity contribution is 7.92. The van der Waals surface area contributed by atoms with Gasteiger partial charge in [0.05, 0.1) is 21.8 Å². The molecule has 0 spiro atoms. The van der Waals surface area contributed by atoms with E-state index in [1.165, 1.54) is 12.2 Å². The van der Waals surface area contributed by atoms with Crippen LogP contribution in [0.1, 0.15) is 16.7 Å². The van der Waals surface area contributed by atoms with Crippen molar-refractivity contribution in [3.63, 3.8) is 0 Å². The molecule has 4 aromatic carbocycles. The zero-order chi connectivity index (χ0) is 33.3. The summed E-state index contributed by atoms with van der Waals surface area (Å²) in [6, 6.07) is 27.1. The number of amides is 2. The SMILES string of the molecule is N#C/C(=C\c1ccccc1)C(=O)Nc1ccc(S(=O)(=O)Nc2cccc(C(F)(F)F)c2)cc1NC(=O)/C(C#N)=C/c1ccccc1. The van der Waals surface area contributed by atoms with Crippen LogP contribution in [0, 0.1) is 22.7 Å². The lowest BCUT2D eigenvalue weighted by Crippen LogP contribution is -2.20. The molecule has 0 aliphatic heterocycles. The van der Waals surface area contributed by atoms with Crippen molar-refractivity contribution in [2.45, 2.75) is 11.1 Å². The van der Waals surface area contributed by atoms with E-state index in [4.69, 9.17) is 0 Å². The molecule has 4 rings (SSSR count). The summed E-state index contributed by atoms with van der Waals surface area (Å²) in [6.07, 6.45) is -2.11. The molecule has 3 N–H and O–H groups in total. The fourth-order valence-corrected chi connectivity index (χ4v) is 5.06. The Morgan fingerprint density at radius 3 is 1.70 bits per heavy atom. The van der Waals surface area contributed by atoms with Gasteiger partial charge in [0.25, 0.3) is 21.8 Å². The van der Waals surface area contributed by atoms with Gasteiger partial charge in [0.15, 0.2) is 0 Å². The molecule has 0 saturated heterocycles. The number of carbonyl (C=O) groups is 2. The number of hydrogen-bond acceptors (Lipinski definition) is 6. The summed E-state index contributed by atoms with van der Waals surface area (Å²) >= 11 is 0. The van der Waals surface area contributed by atoms with E-state index in [9.17, 15) is 41.7 Å². The summed E-state index contributed by atoms with van der Waals surface area (Å²) in [5, 5.41) is 24.1. The lowest BCUT2D eigenvalue weighted by Gasteiger charge is -2.15. The number of hydrogen-bond donors (Lipinski definition) is 3. The molecular formula is C33H22F3N5O4S. The van der Waals surface area contributed by atoms with E-state index >= 15 is 0 Å². The van der Waals surface area contributed by atoms with Gasteiger partial charge < -0.3 is 10.6 Å². The zero-order valence-electron chi connectivity index (χ0n) is 23.5. The molecule has 0 atom stereocenters. The molecule has 0 radical (unpaired) electrons. The van der Waals surface area contributed by atoms with Crippen molar-refractivity contribution in [3.8, 4) is 12.1 Å². The number of nitrogens with zero attached hydrogens (tertiary/aromatic N) is 2. The maximum absolute atomic E-state index is 13.2. The molecule has 0 fully saturated rings. The van der Waals surface area contributed by atoms with Crippen molar-refractivity contribution in [2.24, 2.45) is 0 Å². The highest BCUT2D eigenvalue weighted by Crippen LogP contribution is 2.32. The summed E-state index contributed by atoms with van der Waals surface area (Å²) in [4.78, 5) is 25.7. The summed E-state index contributed by atoms with van der Waals surface area (Å²) in [7, 11) is -4.54. The molecule has 0 aliphatic carbocycles. The zero-order valence-corrected chi connectivity index (χ0v) is 24.4. The quantitative estimate of drug-likeness (QED) is 0.138. The molecule has 9 nitrogen and oxygen atoms in total. The van der Waals surface area contributed by atoms with Crippen LogP contribution in [0.25, 0.3) is 12.2 Å². The second-order valence-electron chi connectivity index (χ2n) is 9.46. The van der Waals surface area contributed by atoms with Crippen LogP contribution >= 0.6 is 0 Å². The van der Waals surface area contributed by atoms with Crippen LogP contribution in [0.15, 0.2) is 119 Å². The topological polar surface area (TPSA) is 152 Å². The molecule has 0 heterocycles. The fraction of sp³-hybridized carbons (Fsp3) is 0.0303. The van der Waals surface area contributed by atoms with Crippen LogP contribution in [-0.2, 0) is 25.8 Å². The Balaban J connectivity index is 1.72. The lowest BCUT2D eigenvalue weighted by atomic mass is 10.1. The van der Waals surface area contributed by atoms with Gasteiger partial charge in [-0.1, -0.05) is 66.7 Å². The first-order valence-corrected chi connectivity index (χ1v) is 14.7. The Kier molecular flexibility index (Phi) is 10.0. The standard InChI is InChI=1S/C33H22F3N5O4S/c34-33(35,36)26-12-7-13-27(18-26)41-46(44,45)28-14-15-29(39-31(42)24(20-37)16-22-8-3-1-4-9-22)30(19-28)40-32(43)25(21-38)17-23-10-5-2-6-11-23/h1-19,41H,(H,39,42)(H,40,43)/b24-16+,25-17+. The van der Waals surface area contributed by atoms with E-state index in [1.54, 1.807) is 72.8 Å². The largest absolute Gasteiger partial charge is 0.416 e. The summed E-state index contributed by atoms with van der Waals surface area (Å²) in [5.41, 5.74) is -1.47. The molecule has 230 valence electrons. The van der Waals surface area contributed by atoms with Gasteiger partial charge in [0.1, 0.15) is 23.3 Å². The number of alkyl halides is 3. The van der Waals surface area contributed by atoms with Gasteiger partial charge in [0, 0.05) is 5.69 Å². The lowest BCUT2D eigenvalue weighted by molar-refractivity contribution is -0.137. The van der Waals surface area contributed by atoms with Crippen LogP contribution in [0.4, 0.5) is 30.2 Å². The maximum atomic E-state index is 13.2. The van der Waals surface area contributed by atoms with E-state index < -0.39 is 38.5 Å². The normalized spacial score (nSPS) is 11.9. The minimum atomic E-state index is -4.72. The molecule has 13 heteroatoms. The van der Waals surface area contributed by atoms with Crippen LogP contribution in [0.5, 0.6) is 0 Å². The van der Waals surface area contributed by atoms with E-state index in [0.29, 0.717) is 17.2 Å². The highest BCUT2D eigenvalue weighted by atomic mass is 32.2. The predicted molar refractivity (Wildman–Crippen MR) is 166 cm³/mol. The Labute approximate surface area is 262 Å². The third-order valence-electron chi connectivity index (χ3n) is 6.19. The van der Waals surface area contributed by atoms with Crippen molar-refractivity contribution in [1.29, 1.82) is 10.5 Å². The van der Waals surface area contributed by atoms with Crippen LogP contribution < -0.4 is 15.4 Å². The first-order valence-electron chi connectivity index (χ1n) is 13.2. The van der Waals surface area contributed by atoms with Crippen LogP contribution in [0.2, 0.25) is 0 Å². The number of halogens is 3. The number of benzene rings is 4. The molecule has 2 amide bonds. The minimum absolute atomic E-state index is 0.136. The maximum Gasteiger partial charge on any atom is 0.416 e. The number of nitrogens with one attached hydrogen (secondary N) is 3. The fourth-order valence-electron chi connectivity index (χ4n) is 3.98. The second-order valence-corrected chi connectivity index (χ2v) is 11.1. The number of anilines is 3. The highest BCUT2D eigenvalue weighted by Gasteiger charge is 2.31. The third-order valence-corrected chi connectivity index (χ3v) is 7.57. The van der Waals surface area contributed by atoms with E-state index in [-0.39, 0.29) is 28.2 Å². The second kappa shape index (κ2) is 14.1. The van der Waals surface area contributed by atoms with Crippen molar-refractivity contribution >= 4 is 51.1 Å². The van der Waals surface area contributed by atoms with Crippen molar-refractivity contribution in [1.82, 2.24) is 0 Å². The van der Waals surface area contributed by atoms with Crippen LogP contribution in [0.3, 0.4) is 0 Å². The Morgan fingerprint density at radius 2 is 1.20 bits per heavy atom. The molecule has 0 aliphatic rings. The van der Waals surface area contributed by atoms with Gasteiger partial charge in [-0.25, -0.2) is 8.42 Å². The number of sulfonamides is 1. The molecular weight excluding hydrogens is 619 g/mol. The number of rotatable bonds is 9. The monoisotopic (exact) mass is 641 g/mol. The van der Waals surface area contributed by atoms with Crippen molar-refractivity contribution in [3.05, 3.63) is 131 Å². The van der Waals surface area contributed by atoms with Gasteiger partial charge in [-0.15, -0.1) is 0 Å². The Morgan fingerprint density at radius 1 is 0.674 bits per heavy atom. The van der Waals surface area contributed by atoms with Gasteiger partial charge in [-0.05, 0) is 59.7 Å². The molecule has 4 aromatic rings. The van der Waals surface area contributed by atoms with Gasteiger partial charge >= 0.3 is 6.18 Å². The van der Waals surface area contributed by atoms with Gasteiger partial charge in [-0.3, -0.25) is 14.3 Å². The van der Waals surface area contributed by atoms with Crippen molar-refractivity contribution < 1.29 is 31.2 Å². The smallest absolute Gasteiger partial charge is 0.320 e. The molecule has 0 aromatic heterocycles. The summed E-state index contributed by atoms with van der Waals surface area (Å²) in [6.45, 7) is 0. The minimum Gasteiger partial charge on any atom is -0.320 e. The number of carbonyl (C=O) groups excluding carboxylic acids is 2. The average molecular weight is 642 g/mol. The summed E-state index contributed by atoms with van der Waals surface area (Å²) in [5.74, 6) is -1.84. The molecule has 46 heavy (non-hydrogen) atoms. The van der Waals surface area contributed by atoms with E-state index in [2.05, 4.69) is 15.4 Å². The summed E-state index contributed by atoms with van der Waals surface area (Å²) < 4.78 is 68.0. The van der Waals surface area contributed by atoms with E-state index in [0.717, 1.165) is 36.4 Å². The predicted octanol–water partition coefficient (Wildman–Crippen LogP) is 6.60. The average Bonchev–Trinajstić information content (AvgIpc) is 3.03. The van der Waals surface area contributed by atoms with E-state index in [1.807, 2.05) is 0 Å². The molecule has 0 bridgehead atoms. The Bertz CT molecular complexity index is 2030. The van der Waals surface area contributed by atoms with Crippen molar-refractivity contribution in [2.75, 3.05) is 15.4 Å². The molecule has 0 unspecified atom stereocenters. The third kappa shape index (κ3) is 8.47. The Hall–Kier alpha value is -6.18. The van der Waals surface area contributed by atoms with Crippen LogP contribution in [-0.4, -0.2) is 20.2 Å². The number of nitriles is 2. The van der Waals surface area contributed by atoms with Gasteiger partial charge in [-0.2, -0.15) is 23.7 Å². The first kappa shape index (κ1) is 32.7. The molecule has 0 saturated carbocycles.